The Labute approximate surface area is 154 Å². The van der Waals surface area contributed by atoms with Crippen LogP contribution in [0.5, 0.6) is 0 Å². The van der Waals surface area contributed by atoms with Crippen molar-refractivity contribution in [3.63, 3.8) is 0 Å². The van der Waals surface area contributed by atoms with Crippen molar-refractivity contribution in [2.75, 3.05) is 38.1 Å². The molecule has 0 radical (unpaired) electrons. The van der Waals surface area contributed by atoms with Crippen molar-refractivity contribution in [2.45, 2.75) is 13.8 Å². The third-order valence-electron chi connectivity index (χ3n) is 5.32. The maximum atomic E-state index is 4.73. The van der Waals surface area contributed by atoms with E-state index in [1.807, 2.05) is 12.4 Å². The zero-order valence-corrected chi connectivity index (χ0v) is 15.7. The van der Waals surface area contributed by atoms with Crippen LogP contribution in [0.4, 0.5) is 5.82 Å². The quantitative estimate of drug-likeness (QED) is 0.788. The van der Waals surface area contributed by atoms with Gasteiger partial charge < -0.3 is 9.80 Å². The fourth-order valence-electron chi connectivity index (χ4n) is 3.48. The number of nitrogens with zero attached hydrogens (tertiary/aromatic N) is 4. The van der Waals surface area contributed by atoms with Crippen LogP contribution in [0, 0.1) is 13.8 Å². The lowest BCUT2D eigenvalue weighted by atomic mass is 9.98. The molecule has 1 aromatic carbocycles. The standard InChI is InChI=1S/C21H25N5/c1-15-4-5-18(14-16(15)2)20-19(17-6-8-22-9-7-17)21(24-23-20)26-12-10-25(3)11-13-26/h4-9,14H,10-13H2,1-3H3,(H,23,24). The van der Waals surface area contributed by atoms with E-state index in [2.05, 4.69) is 71.1 Å². The number of aromatic amines is 1. The number of aromatic nitrogens is 3. The van der Waals surface area contributed by atoms with Gasteiger partial charge in [-0.15, -0.1) is 0 Å². The minimum Gasteiger partial charge on any atom is -0.354 e. The second-order valence-corrected chi connectivity index (χ2v) is 7.12. The van der Waals surface area contributed by atoms with Crippen molar-refractivity contribution < 1.29 is 0 Å². The third-order valence-corrected chi connectivity index (χ3v) is 5.32. The Hall–Kier alpha value is -2.66. The molecule has 5 nitrogen and oxygen atoms in total. The van der Waals surface area contributed by atoms with Gasteiger partial charge in [-0.05, 0) is 55.8 Å². The van der Waals surface area contributed by atoms with Crippen molar-refractivity contribution in [1.29, 1.82) is 0 Å². The van der Waals surface area contributed by atoms with Crippen molar-refractivity contribution in [2.24, 2.45) is 0 Å². The lowest BCUT2D eigenvalue weighted by Crippen LogP contribution is -2.44. The Balaban J connectivity index is 1.83. The number of pyridine rings is 1. The minimum atomic E-state index is 1.00. The van der Waals surface area contributed by atoms with Crippen LogP contribution in [0.15, 0.2) is 42.7 Å². The molecular weight excluding hydrogens is 322 g/mol. The second-order valence-electron chi connectivity index (χ2n) is 7.12. The molecule has 1 aliphatic rings. The van der Waals surface area contributed by atoms with E-state index in [1.54, 1.807) is 0 Å². The van der Waals surface area contributed by atoms with Gasteiger partial charge in [0.05, 0.1) is 5.56 Å². The summed E-state index contributed by atoms with van der Waals surface area (Å²) in [6, 6.07) is 10.7. The van der Waals surface area contributed by atoms with Crippen LogP contribution in [-0.4, -0.2) is 53.3 Å². The molecule has 0 spiro atoms. The number of likely N-dealkylation sites (N-methyl/N-ethyl adjacent to an activating group) is 1. The molecule has 0 amide bonds. The van der Waals surface area contributed by atoms with Gasteiger partial charge >= 0.3 is 0 Å². The molecule has 1 fully saturated rings. The number of anilines is 1. The van der Waals surface area contributed by atoms with E-state index >= 15 is 0 Å². The summed E-state index contributed by atoms with van der Waals surface area (Å²) in [5.41, 5.74) is 7.06. The van der Waals surface area contributed by atoms with Crippen LogP contribution in [0.2, 0.25) is 0 Å². The molecule has 0 saturated carbocycles. The predicted octanol–water partition coefficient (Wildman–Crippen LogP) is 3.51. The number of hydrogen-bond acceptors (Lipinski definition) is 4. The largest absolute Gasteiger partial charge is 0.354 e. The smallest absolute Gasteiger partial charge is 0.132 e. The summed E-state index contributed by atoms with van der Waals surface area (Å²) in [6.07, 6.45) is 3.69. The molecule has 4 rings (SSSR count). The minimum absolute atomic E-state index is 1.00. The number of H-pyrrole nitrogens is 1. The molecule has 5 heteroatoms. The Kier molecular flexibility index (Phi) is 4.47. The van der Waals surface area contributed by atoms with Gasteiger partial charge in [0.1, 0.15) is 11.5 Å². The Bertz CT molecular complexity index is 892. The summed E-state index contributed by atoms with van der Waals surface area (Å²) in [4.78, 5) is 8.96. The maximum Gasteiger partial charge on any atom is 0.132 e. The van der Waals surface area contributed by atoms with E-state index in [9.17, 15) is 0 Å². The van der Waals surface area contributed by atoms with Gasteiger partial charge in [0.15, 0.2) is 0 Å². The predicted molar refractivity (Wildman–Crippen MR) is 106 cm³/mol. The summed E-state index contributed by atoms with van der Waals surface area (Å²) in [5, 5.41) is 8.05. The average molecular weight is 347 g/mol. The topological polar surface area (TPSA) is 48.1 Å². The Morgan fingerprint density at radius 2 is 1.62 bits per heavy atom. The maximum absolute atomic E-state index is 4.73. The number of benzene rings is 1. The lowest BCUT2D eigenvalue weighted by molar-refractivity contribution is 0.312. The van der Waals surface area contributed by atoms with Gasteiger partial charge in [-0.3, -0.25) is 10.1 Å². The first-order chi connectivity index (χ1) is 12.6. The summed E-state index contributed by atoms with van der Waals surface area (Å²) in [7, 11) is 2.18. The van der Waals surface area contributed by atoms with Crippen molar-refractivity contribution in [3.8, 4) is 22.4 Å². The Morgan fingerprint density at radius 1 is 0.885 bits per heavy atom. The molecule has 3 heterocycles. The van der Waals surface area contributed by atoms with Gasteiger partial charge in [0, 0.05) is 44.1 Å². The number of hydrogen-bond donors (Lipinski definition) is 1. The average Bonchev–Trinajstić information content (AvgIpc) is 3.10. The first kappa shape index (κ1) is 16.8. The molecular formula is C21H25N5. The summed E-state index contributed by atoms with van der Waals surface area (Å²) >= 11 is 0. The van der Waals surface area contributed by atoms with E-state index in [4.69, 9.17) is 5.10 Å². The van der Waals surface area contributed by atoms with Crippen LogP contribution in [0.3, 0.4) is 0 Å². The molecule has 3 aromatic rings. The number of aryl methyl sites for hydroxylation is 2. The highest BCUT2D eigenvalue weighted by atomic mass is 15.3. The molecule has 2 aromatic heterocycles. The summed E-state index contributed by atoms with van der Waals surface area (Å²) in [6.45, 7) is 8.43. The molecule has 0 unspecified atom stereocenters. The number of rotatable bonds is 3. The van der Waals surface area contributed by atoms with Gasteiger partial charge in [0.25, 0.3) is 0 Å². The van der Waals surface area contributed by atoms with Crippen molar-refractivity contribution >= 4 is 5.82 Å². The van der Waals surface area contributed by atoms with Crippen molar-refractivity contribution in [1.82, 2.24) is 20.1 Å². The van der Waals surface area contributed by atoms with E-state index in [1.165, 1.54) is 16.7 Å². The highest BCUT2D eigenvalue weighted by molar-refractivity contribution is 5.89. The van der Waals surface area contributed by atoms with E-state index < -0.39 is 0 Å². The molecule has 0 atom stereocenters. The number of nitrogens with one attached hydrogen (secondary N) is 1. The number of piperazine rings is 1. The monoisotopic (exact) mass is 347 g/mol. The third kappa shape index (κ3) is 3.10. The zero-order chi connectivity index (χ0) is 18.1. The lowest BCUT2D eigenvalue weighted by Gasteiger charge is -2.33. The molecule has 1 N–H and O–H groups in total. The van der Waals surface area contributed by atoms with Gasteiger partial charge in [-0.2, -0.15) is 5.10 Å². The van der Waals surface area contributed by atoms with E-state index in [-0.39, 0.29) is 0 Å². The highest BCUT2D eigenvalue weighted by Crippen LogP contribution is 2.38. The van der Waals surface area contributed by atoms with E-state index in [0.717, 1.165) is 48.8 Å². The van der Waals surface area contributed by atoms with Gasteiger partial charge in [0.2, 0.25) is 0 Å². The van der Waals surface area contributed by atoms with Gasteiger partial charge in [-0.25, -0.2) is 0 Å². The normalized spacial score (nSPS) is 15.4. The van der Waals surface area contributed by atoms with Crippen LogP contribution >= 0.6 is 0 Å². The molecule has 1 aliphatic heterocycles. The Morgan fingerprint density at radius 3 is 2.31 bits per heavy atom. The highest BCUT2D eigenvalue weighted by Gasteiger charge is 2.23. The molecule has 134 valence electrons. The summed E-state index contributed by atoms with van der Waals surface area (Å²) in [5.74, 6) is 1.11. The van der Waals surface area contributed by atoms with Crippen LogP contribution in [-0.2, 0) is 0 Å². The second kappa shape index (κ2) is 6.92. The zero-order valence-electron chi connectivity index (χ0n) is 15.7. The van der Waals surface area contributed by atoms with Crippen LogP contribution < -0.4 is 4.90 Å². The van der Waals surface area contributed by atoms with Crippen LogP contribution in [0.25, 0.3) is 22.4 Å². The van der Waals surface area contributed by atoms with E-state index in [0.29, 0.717) is 0 Å². The van der Waals surface area contributed by atoms with Gasteiger partial charge in [-0.1, -0.05) is 12.1 Å². The SMILES string of the molecule is Cc1ccc(-c2n[nH]c(N3CCN(C)CC3)c2-c2ccncc2)cc1C. The molecule has 1 saturated heterocycles. The first-order valence-corrected chi connectivity index (χ1v) is 9.13. The first-order valence-electron chi connectivity index (χ1n) is 9.13. The van der Waals surface area contributed by atoms with Crippen LogP contribution in [0.1, 0.15) is 11.1 Å². The fraction of sp³-hybridized carbons (Fsp3) is 0.333. The van der Waals surface area contributed by atoms with Crippen molar-refractivity contribution in [3.05, 3.63) is 53.9 Å². The molecule has 26 heavy (non-hydrogen) atoms. The molecule has 0 bridgehead atoms. The fourth-order valence-corrected chi connectivity index (χ4v) is 3.48. The molecule has 0 aliphatic carbocycles. The summed E-state index contributed by atoms with van der Waals surface area (Å²) < 4.78 is 0.